The maximum Gasteiger partial charge on any atom is 0.123 e. The van der Waals surface area contributed by atoms with E-state index in [0.717, 1.165) is 25.6 Å². The Kier molecular flexibility index (Phi) is 4.60. The standard InChI is InChI=1S/C18H27FN2/c1-3-13(2)18-10-20-17(15-6-7-15)12-21(18)11-14-4-8-16(19)9-5-14/h4-5,8-9,13,15,17-18,20H,3,6-7,10-12H2,1-2H3. The molecule has 2 aliphatic rings. The van der Waals surface area contributed by atoms with Crippen LogP contribution in [-0.4, -0.2) is 30.1 Å². The molecule has 2 fully saturated rings. The zero-order valence-electron chi connectivity index (χ0n) is 13.2. The summed E-state index contributed by atoms with van der Waals surface area (Å²) in [6.45, 7) is 7.80. The van der Waals surface area contributed by atoms with Gasteiger partial charge in [0.2, 0.25) is 0 Å². The molecule has 3 atom stereocenters. The Labute approximate surface area is 127 Å². The lowest BCUT2D eigenvalue weighted by atomic mass is 9.93. The zero-order chi connectivity index (χ0) is 14.8. The summed E-state index contributed by atoms with van der Waals surface area (Å²) in [4.78, 5) is 2.63. The van der Waals surface area contributed by atoms with E-state index >= 15 is 0 Å². The van der Waals surface area contributed by atoms with Gasteiger partial charge in [0.05, 0.1) is 0 Å². The molecule has 0 spiro atoms. The normalized spacial score (nSPS) is 28.5. The number of nitrogens with zero attached hydrogens (tertiary/aromatic N) is 1. The first-order valence-electron chi connectivity index (χ1n) is 8.39. The second-order valence-electron chi connectivity index (χ2n) is 6.86. The van der Waals surface area contributed by atoms with Crippen molar-refractivity contribution in [2.45, 2.75) is 51.7 Å². The van der Waals surface area contributed by atoms with Crippen LogP contribution in [-0.2, 0) is 6.54 Å². The monoisotopic (exact) mass is 290 g/mol. The number of piperazine rings is 1. The van der Waals surface area contributed by atoms with Crippen LogP contribution in [0.25, 0.3) is 0 Å². The van der Waals surface area contributed by atoms with Crippen LogP contribution in [0.2, 0.25) is 0 Å². The summed E-state index contributed by atoms with van der Waals surface area (Å²) in [6.07, 6.45) is 3.98. The molecule has 1 aromatic carbocycles. The first-order chi connectivity index (χ1) is 10.2. The highest BCUT2D eigenvalue weighted by molar-refractivity contribution is 5.16. The molecule has 0 radical (unpaired) electrons. The molecule has 2 nitrogen and oxygen atoms in total. The van der Waals surface area contributed by atoms with E-state index in [1.165, 1.54) is 24.8 Å². The lowest BCUT2D eigenvalue weighted by Gasteiger charge is -2.43. The molecule has 1 aliphatic heterocycles. The van der Waals surface area contributed by atoms with Crippen molar-refractivity contribution in [3.05, 3.63) is 35.6 Å². The Morgan fingerprint density at radius 1 is 1.29 bits per heavy atom. The molecular formula is C18H27FN2. The number of rotatable bonds is 5. The maximum atomic E-state index is 13.1. The van der Waals surface area contributed by atoms with E-state index in [1.54, 1.807) is 12.1 Å². The minimum atomic E-state index is -0.145. The average molecular weight is 290 g/mol. The Hall–Kier alpha value is -0.930. The van der Waals surface area contributed by atoms with Crippen LogP contribution in [0, 0.1) is 17.7 Å². The summed E-state index contributed by atoms with van der Waals surface area (Å²) in [5.74, 6) is 1.44. The van der Waals surface area contributed by atoms with Gasteiger partial charge in [0, 0.05) is 31.7 Å². The molecule has 1 aliphatic carbocycles. The van der Waals surface area contributed by atoms with E-state index in [0.29, 0.717) is 18.0 Å². The van der Waals surface area contributed by atoms with Gasteiger partial charge in [-0.1, -0.05) is 32.4 Å². The summed E-state index contributed by atoms with van der Waals surface area (Å²) in [6, 6.07) is 8.26. The van der Waals surface area contributed by atoms with Crippen LogP contribution in [0.5, 0.6) is 0 Å². The summed E-state index contributed by atoms with van der Waals surface area (Å²) >= 11 is 0. The van der Waals surface area contributed by atoms with Gasteiger partial charge in [0.15, 0.2) is 0 Å². The number of benzene rings is 1. The topological polar surface area (TPSA) is 15.3 Å². The average Bonchev–Trinajstić information content (AvgIpc) is 3.33. The fraction of sp³-hybridized carbons (Fsp3) is 0.667. The Morgan fingerprint density at radius 3 is 2.62 bits per heavy atom. The van der Waals surface area contributed by atoms with Gasteiger partial charge in [-0.15, -0.1) is 0 Å². The molecule has 0 bridgehead atoms. The summed E-state index contributed by atoms with van der Waals surface area (Å²) in [7, 11) is 0. The van der Waals surface area contributed by atoms with E-state index in [9.17, 15) is 4.39 Å². The van der Waals surface area contributed by atoms with Crippen LogP contribution in [0.4, 0.5) is 4.39 Å². The van der Waals surface area contributed by atoms with Crippen molar-refractivity contribution in [3.63, 3.8) is 0 Å². The first-order valence-corrected chi connectivity index (χ1v) is 8.39. The van der Waals surface area contributed by atoms with Crippen LogP contribution in [0.15, 0.2) is 24.3 Å². The molecule has 3 unspecified atom stereocenters. The van der Waals surface area contributed by atoms with Crippen molar-refractivity contribution < 1.29 is 4.39 Å². The minimum Gasteiger partial charge on any atom is -0.311 e. The number of halogens is 1. The Balaban J connectivity index is 1.70. The first kappa shape index (κ1) is 15.0. The highest BCUT2D eigenvalue weighted by Crippen LogP contribution is 2.35. The molecule has 1 N–H and O–H groups in total. The molecular weight excluding hydrogens is 263 g/mol. The second-order valence-corrected chi connectivity index (χ2v) is 6.86. The van der Waals surface area contributed by atoms with E-state index in [1.807, 2.05) is 12.1 Å². The van der Waals surface area contributed by atoms with Gasteiger partial charge in [0.25, 0.3) is 0 Å². The Morgan fingerprint density at radius 2 is 2.00 bits per heavy atom. The number of hydrogen-bond acceptors (Lipinski definition) is 2. The highest BCUT2D eigenvalue weighted by Gasteiger charge is 2.38. The van der Waals surface area contributed by atoms with Gasteiger partial charge in [0.1, 0.15) is 5.82 Å². The van der Waals surface area contributed by atoms with Crippen molar-refractivity contribution in [1.29, 1.82) is 0 Å². The molecule has 1 saturated carbocycles. The zero-order valence-corrected chi connectivity index (χ0v) is 13.2. The summed E-state index contributed by atoms with van der Waals surface area (Å²) in [5, 5.41) is 3.77. The molecule has 1 saturated heterocycles. The Bertz CT molecular complexity index is 455. The largest absolute Gasteiger partial charge is 0.311 e. The highest BCUT2D eigenvalue weighted by atomic mass is 19.1. The van der Waals surface area contributed by atoms with Crippen molar-refractivity contribution in [3.8, 4) is 0 Å². The van der Waals surface area contributed by atoms with E-state index in [2.05, 4.69) is 24.1 Å². The van der Waals surface area contributed by atoms with Crippen molar-refractivity contribution in [2.24, 2.45) is 11.8 Å². The third-order valence-corrected chi connectivity index (χ3v) is 5.28. The molecule has 1 heterocycles. The van der Waals surface area contributed by atoms with Gasteiger partial charge in [-0.2, -0.15) is 0 Å². The maximum absolute atomic E-state index is 13.1. The quantitative estimate of drug-likeness (QED) is 0.894. The van der Waals surface area contributed by atoms with Crippen molar-refractivity contribution >= 4 is 0 Å². The van der Waals surface area contributed by atoms with Gasteiger partial charge < -0.3 is 5.32 Å². The molecule has 21 heavy (non-hydrogen) atoms. The third-order valence-electron chi connectivity index (χ3n) is 5.28. The second kappa shape index (κ2) is 6.45. The lowest BCUT2D eigenvalue weighted by Crippen LogP contribution is -2.58. The van der Waals surface area contributed by atoms with Gasteiger partial charge >= 0.3 is 0 Å². The molecule has 0 aromatic heterocycles. The lowest BCUT2D eigenvalue weighted by molar-refractivity contribution is 0.0787. The predicted molar refractivity (Wildman–Crippen MR) is 84.6 cm³/mol. The molecule has 0 amide bonds. The molecule has 3 rings (SSSR count). The van der Waals surface area contributed by atoms with Crippen molar-refractivity contribution in [2.75, 3.05) is 13.1 Å². The fourth-order valence-electron chi connectivity index (χ4n) is 3.51. The number of nitrogens with one attached hydrogen (secondary N) is 1. The van der Waals surface area contributed by atoms with Gasteiger partial charge in [-0.05, 0) is 42.4 Å². The van der Waals surface area contributed by atoms with E-state index in [-0.39, 0.29) is 5.82 Å². The molecule has 116 valence electrons. The summed E-state index contributed by atoms with van der Waals surface area (Å²) < 4.78 is 13.1. The van der Waals surface area contributed by atoms with Gasteiger partial charge in [-0.25, -0.2) is 4.39 Å². The number of hydrogen-bond donors (Lipinski definition) is 1. The van der Waals surface area contributed by atoms with Crippen LogP contribution >= 0.6 is 0 Å². The third kappa shape index (κ3) is 3.64. The van der Waals surface area contributed by atoms with Crippen LogP contribution in [0.3, 0.4) is 0 Å². The fourth-order valence-corrected chi connectivity index (χ4v) is 3.51. The van der Waals surface area contributed by atoms with Crippen molar-refractivity contribution in [1.82, 2.24) is 10.2 Å². The molecule has 3 heteroatoms. The van der Waals surface area contributed by atoms with Crippen LogP contribution < -0.4 is 5.32 Å². The van der Waals surface area contributed by atoms with E-state index in [4.69, 9.17) is 0 Å². The van der Waals surface area contributed by atoms with Gasteiger partial charge in [-0.3, -0.25) is 4.90 Å². The predicted octanol–water partition coefficient (Wildman–Crippen LogP) is 3.42. The van der Waals surface area contributed by atoms with E-state index < -0.39 is 0 Å². The summed E-state index contributed by atoms with van der Waals surface area (Å²) in [5.41, 5.74) is 1.22. The minimum absolute atomic E-state index is 0.145. The SMILES string of the molecule is CCC(C)C1CNC(C2CC2)CN1Cc1ccc(F)cc1. The van der Waals surface area contributed by atoms with Crippen LogP contribution in [0.1, 0.15) is 38.7 Å². The molecule has 1 aromatic rings. The smallest absolute Gasteiger partial charge is 0.123 e.